The lowest BCUT2D eigenvalue weighted by Crippen LogP contribution is -2.34. The fourth-order valence-electron chi connectivity index (χ4n) is 1.43. The highest BCUT2D eigenvalue weighted by Gasteiger charge is 2.17. The van der Waals surface area contributed by atoms with E-state index < -0.39 is 10.0 Å². The lowest BCUT2D eigenvalue weighted by molar-refractivity contribution is 0.571. The van der Waals surface area contributed by atoms with Crippen molar-refractivity contribution in [3.05, 3.63) is 29.8 Å². The largest absolute Gasteiger partial charge is 0.389 e. The molecule has 0 bridgehead atoms. The number of hydrogen-bond donors (Lipinski definition) is 2. The third-order valence-electron chi connectivity index (χ3n) is 2.20. The number of benzene rings is 1. The number of nitrogens with two attached hydrogens (primary N) is 1. The average molecular weight is 304 g/mol. The molecule has 1 aromatic rings. The minimum absolute atomic E-state index is 0.126. The Morgan fingerprint density at radius 3 is 2.78 bits per heavy atom. The van der Waals surface area contributed by atoms with Crippen molar-refractivity contribution in [2.75, 3.05) is 12.0 Å². The van der Waals surface area contributed by atoms with Crippen molar-refractivity contribution in [2.45, 2.75) is 17.9 Å². The van der Waals surface area contributed by atoms with Gasteiger partial charge in [0.15, 0.2) is 0 Å². The Kier molecular flexibility index (Phi) is 5.58. The zero-order chi connectivity index (χ0) is 13.8. The molecule has 0 aliphatic heterocycles. The fraction of sp³-hybridized carbons (Fsp3) is 0.364. The van der Waals surface area contributed by atoms with Crippen molar-refractivity contribution in [1.82, 2.24) is 4.72 Å². The Balaban J connectivity index is 2.98. The van der Waals surface area contributed by atoms with E-state index in [9.17, 15) is 8.42 Å². The maximum atomic E-state index is 12.1. The molecular weight excluding hydrogens is 288 g/mol. The van der Waals surface area contributed by atoms with Crippen LogP contribution in [0.5, 0.6) is 0 Å². The van der Waals surface area contributed by atoms with Crippen molar-refractivity contribution in [1.29, 1.82) is 0 Å². The van der Waals surface area contributed by atoms with Crippen LogP contribution in [0.2, 0.25) is 0 Å². The standard InChI is InChI=1S/C11H16N2O2S3/c1-8(7-17-2)13-18(14,15)10-5-3-4-9(6-10)11(12)16/h3-6,8,13H,7H2,1-2H3,(H2,12,16). The molecule has 1 aromatic carbocycles. The summed E-state index contributed by atoms with van der Waals surface area (Å²) >= 11 is 6.42. The molecule has 4 nitrogen and oxygen atoms in total. The van der Waals surface area contributed by atoms with Gasteiger partial charge in [-0.1, -0.05) is 24.4 Å². The van der Waals surface area contributed by atoms with Crippen LogP contribution in [-0.4, -0.2) is 31.5 Å². The van der Waals surface area contributed by atoms with Gasteiger partial charge in [-0.15, -0.1) is 0 Å². The molecule has 0 heterocycles. The van der Waals surface area contributed by atoms with E-state index in [2.05, 4.69) is 4.72 Å². The highest BCUT2D eigenvalue weighted by Crippen LogP contribution is 2.12. The Labute approximate surface area is 117 Å². The summed E-state index contributed by atoms with van der Waals surface area (Å²) in [5.74, 6) is 0.716. The van der Waals surface area contributed by atoms with Crippen molar-refractivity contribution < 1.29 is 8.42 Å². The highest BCUT2D eigenvalue weighted by atomic mass is 32.2. The van der Waals surface area contributed by atoms with Crippen molar-refractivity contribution in [3.8, 4) is 0 Å². The molecule has 1 rings (SSSR count). The van der Waals surface area contributed by atoms with Gasteiger partial charge in [-0.3, -0.25) is 0 Å². The van der Waals surface area contributed by atoms with Gasteiger partial charge in [0.2, 0.25) is 10.0 Å². The summed E-state index contributed by atoms with van der Waals surface area (Å²) in [6, 6.07) is 6.19. The topological polar surface area (TPSA) is 72.2 Å². The molecule has 0 saturated heterocycles. The second-order valence-electron chi connectivity index (χ2n) is 3.87. The summed E-state index contributed by atoms with van der Waals surface area (Å²) in [6.45, 7) is 1.82. The zero-order valence-electron chi connectivity index (χ0n) is 10.2. The normalized spacial score (nSPS) is 13.2. The Morgan fingerprint density at radius 2 is 2.22 bits per heavy atom. The van der Waals surface area contributed by atoms with E-state index >= 15 is 0 Å². The predicted molar refractivity (Wildman–Crippen MR) is 80.5 cm³/mol. The van der Waals surface area contributed by atoms with Crippen LogP contribution in [0, 0.1) is 0 Å². The van der Waals surface area contributed by atoms with Crippen LogP contribution in [0.25, 0.3) is 0 Å². The molecule has 1 unspecified atom stereocenters. The first-order valence-electron chi connectivity index (χ1n) is 5.28. The molecule has 1 atom stereocenters. The first kappa shape index (κ1) is 15.4. The summed E-state index contributed by atoms with van der Waals surface area (Å²) in [7, 11) is -3.52. The van der Waals surface area contributed by atoms with Gasteiger partial charge in [-0.2, -0.15) is 11.8 Å². The summed E-state index contributed by atoms with van der Waals surface area (Å²) in [5.41, 5.74) is 6.03. The van der Waals surface area contributed by atoms with Crippen LogP contribution >= 0.6 is 24.0 Å². The number of thiocarbonyl (C=S) groups is 1. The summed E-state index contributed by atoms with van der Waals surface area (Å²) in [4.78, 5) is 0.366. The minimum Gasteiger partial charge on any atom is -0.389 e. The van der Waals surface area contributed by atoms with Crippen LogP contribution in [0.1, 0.15) is 12.5 Å². The average Bonchev–Trinajstić information content (AvgIpc) is 2.28. The third-order valence-corrected chi connectivity index (χ3v) is 4.86. The lowest BCUT2D eigenvalue weighted by Gasteiger charge is -2.13. The van der Waals surface area contributed by atoms with Crippen molar-refractivity contribution in [2.24, 2.45) is 5.73 Å². The van der Waals surface area contributed by atoms with Gasteiger partial charge in [-0.25, -0.2) is 13.1 Å². The van der Waals surface area contributed by atoms with Crippen molar-refractivity contribution >= 4 is 39.0 Å². The molecule has 0 spiro atoms. The molecule has 0 saturated carbocycles. The van der Waals surface area contributed by atoms with Gasteiger partial charge in [0.25, 0.3) is 0 Å². The van der Waals surface area contributed by atoms with E-state index in [-0.39, 0.29) is 15.9 Å². The molecule has 3 N–H and O–H groups in total. The number of rotatable bonds is 6. The summed E-state index contributed by atoms with van der Waals surface area (Å²) < 4.78 is 26.8. The molecule has 0 amide bonds. The quantitative estimate of drug-likeness (QED) is 0.776. The van der Waals surface area contributed by atoms with Gasteiger partial charge in [-0.05, 0) is 25.3 Å². The van der Waals surface area contributed by atoms with Crippen LogP contribution in [0.3, 0.4) is 0 Å². The number of sulfonamides is 1. The van der Waals surface area contributed by atoms with E-state index in [1.807, 2.05) is 13.2 Å². The fourth-order valence-corrected chi connectivity index (χ4v) is 3.54. The van der Waals surface area contributed by atoms with Gasteiger partial charge < -0.3 is 5.73 Å². The Hall–Kier alpha value is -0.630. The molecule has 0 aliphatic carbocycles. The van der Waals surface area contributed by atoms with Crippen LogP contribution in [0.4, 0.5) is 0 Å². The lowest BCUT2D eigenvalue weighted by atomic mass is 10.2. The van der Waals surface area contributed by atoms with Crippen molar-refractivity contribution in [3.63, 3.8) is 0 Å². The van der Waals surface area contributed by atoms with E-state index in [1.165, 1.54) is 12.1 Å². The maximum Gasteiger partial charge on any atom is 0.240 e. The maximum absolute atomic E-state index is 12.1. The molecule has 18 heavy (non-hydrogen) atoms. The molecule has 0 fully saturated rings. The van der Waals surface area contributed by atoms with Crippen LogP contribution in [0.15, 0.2) is 29.2 Å². The van der Waals surface area contributed by atoms with Crippen LogP contribution in [-0.2, 0) is 10.0 Å². The molecule has 0 aromatic heterocycles. The van der Waals surface area contributed by atoms with E-state index in [0.29, 0.717) is 11.3 Å². The van der Waals surface area contributed by atoms with Gasteiger partial charge in [0, 0.05) is 17.4 Å². The van der Waals surface area contributed by atoms with E-state index in [0.717, 1.165) is 0 Å². The van der Waals surface area contributed by atoms with Crippen LogP contribution < -0.4 is 10.5 Å². The van der Waals surface area contributed by atoms with Gasteiger partial charge in [0.05, 0.1) is 4.90 Å². The number of nitrogens with one attached hydrogen (secondary N) is 1. The van der Waals surface area contributed by atoms with Gasteiger partial charge >= 0.3 is 0 Å². The molecule has 7 heteroatoms. The third kappa shape index (κ3) is 4.24. The van der Waals surface area contributed by atoms with Gasteiger partial charge in [0.1, 0.15) is 4.99 Å². The number of thioether (sulfide) groups is 1. The highest BCUT2D eigenvalue weighted by molar-refractivity contribution is 7.98. The molecule has 100 valence electrons. The SMILES string of the molecule is CSCC(C)NS(=O)(=O)c1cccc(C(N)=S)c1. The van der Waals surface area contributed by atoms with E-state index in [4.69, 9.17) is 18.0 Å². The number of hydrogen-bond acceptors (Lipinski definition) is 4. The second kappa shape index (κ2) is 6.51. The first-order chi connectivity index (χ1) is 8.36. The Bertz CT molecular complexity index is 529. The second-order valence-corrected chi connectivity index (χ2v) is 6.93. The van der Waals surface area contributed by atoms with E-state index in [1.54, 1.807) is 23.9 Å². The molecule has 0 radical (unpaired) electrons. The molecule has 0 aliphatic rings. The smallest absolute Gasteiger partial charge is 0.240 e. The predicted octanol–water partition coefficient (Wildman–Crippen LogP) is 1.35. The monoisotopic (exact) mass is 304 g/mol. The Morgan fingerprint density at radius 1 is 1.56 bits per heavy atom. The summed E-state index contributed by atoms with van der Waals surface area (Å²) in [5, 5.41) is 0. The first-order valence-corrected chi connectivity index (χ1v) is 8.56. The minimum atomic E-state index is -3.52. The summed E-state index contributed by atoms with van der Waals surface area (Å²) in [6.07, 6.45) is 1.93. The zero-order valence-corrected chi connectivity index (χ0v) is 12.7. The molecular formula is C11H16N2O2S3.